The van der Waals surface area contributed by atoms with Crippen molar-refractivity contribution in [3.05, 3.63) is 0 Å². The van der Waals surface area contributed by atoms with Crippen LogP contribution in [0.1, 0.15) is 20.8 Å². The van der Waals surface area contributed by atoms with Gasteiger partial charge in [-0.1, -0.05) is 20.8 Å². The molecule has 0 aromatic heterocycles. The molecular formula is C6H16O2. The van der Waals surface area contributed by atoms with Crippen LogP contribution in [-0.2, 0) is 0 Å². The molecule has 2 nitrogen and oxygen atoms in total. The summed E-state index contributed by atoms with van der Waals surface area (Å²) in [4.78, 5) is 0. The first-order chi connectivity index (χ1) is 3.81. The molecule has 8 heavy (non-hydrogen) atoms. The quantitative estimate of drug-likeness (QED) is 0.561. The third kappa shape index (κ3) is 9.33. The van der Waals surface area contributed by atoms with Crippen LogP contribution < -0.4 is 0 Å². The molecule has 2 N–H and O–H groups in total. The van der Waals surface area contributed by atoms with Crippen LogP contribution in [0.25, 0.3) is 0 Å². The van der Waals surface area contributed by atoms with Crippen LogP contribution in [0.4, 0.5) is 0 Å². The highest BCUT2D eigenvalue weighted by Crippen LogP contribution is 1.85. The van der Waals surface area contributed by atoms with Crippen molar-refractivity contribution in [2.75, 3.05) is 13.2 Å². The fourth-order valence-electron chi connectivity index (χ4n) is 0.0577. The van der Waals surface area contributed by atoms with Crippen LogP contribution >= 0.6 is 0 Å². The average Bonchev–Trinajstić information content (AvgIpc) is 1.91. The van der Waals surface area contributed by atoms with E-state index in [0.717, 1.165) is 0 Å². The topological polar surface area (TPSA) is 40.5 Å². The SMILES string of the molecule is CC.CC(CO)CO. The Kier molecular flexibility index (Phi) is 13.6. The van der Waals surface area contributed by atoms with Crippen molar-refractivity contribution >= 4 is 0 Å². The van der Waals surface area contributed by atoms with Crippen molar-refractivity contribution < 1.29 is 10.2 Å². The van der Waals surface area contributed by atoms with Gasteiger partial charge in [0.15, 0.2) is 0 Å². The second kappa shape index (κ2) is 10.0. The predicted molar refractivity (Wildman–Crippen MR) is 34.7 cm³/mol. The Labute approximate surface area is 51.2 Å². The van der Waals surface area contributed by atoms with Gasteiger partial charge in [-0.05, 0) is 0 Å². The lowest BCUT2D eigenvalue weighted by molar-refractivity contribution is 0.162. The van der Waals surface area contributed by atoms with Gasteiger partial charge in [0.25, 0.3) is 0 Å². The van der Waals surface area contributed by atoms with Gasteiger partial charge in [0.1, 0.15) is 0 Å². The van der Waals surface area contributed by atoms with E-state index < -0.39 is 0 Å². The van der Waals surface area contributed by atoms with E-state index in [4.69, 9.17) is 10.2 Å². The molecule has 0 atom stereocenters. The molecule has 0 aliphatic carbocycles. The standard InChI is InChI=1S/C4H10O2.C2H6/c1-4(2-5)3-6;1-2/h4-6H,2-3H2,1H3;1-2H3. The van der Waals surface area contributed by atoms with Gasteiger partial charge in [-0.2, -0.15) is 0 Å². The fourth-order valence-corrected chi connectivity index (χ4v) is 0.0577. The lowest BCUT2D eigenvalue weighted by Gasteiger charge is -1.97. The second-order valence-corrected chi connectivity index (χ2v) is 1.47. The van der Waals surface area contributed by atoms with E-state index in [9.17, 15) is 0 Å². The zero-order chi connectivity index (χ0) is 6.99. The highest BCUT2D eigenvalue weighted by Gasteiger charge is 1.91. The van der Waals surface area contributed by atoms with E-state index in [1.807, 2.05) is 13.8 Å². The summed E-state index contributed by atoms with van der Waals surface area (Å²) in [5, 5.41) is 16.3. The van der Waals surface area contributed by atoms with E-state index in [-0.39, 0.29) is 19.1 Å². The Hall–Kier alpha value is -0.0800. The summed E-state index contributed by atoms with van der Waals surface area (Å²) in [6, 6.07) is 0. The summed E-state index contributed by atoms with van der Waals surface area (Å²) in [5.41, 5.74) is 0. The molecule has 0 fully saturated rings. The Morgan fingerprint density at radius 3 is 1.38 bits per heavy atom. The molecule has 0 radical (unpaired) electrons. The van der Waals surface area contributed by atoms with Crippen molar-refractivity contribution in [3.63, 3.8) is 0 Å². The second-order valence-electron chi connectivity index (χ2n) is 1.47. The van der Waals surface area contributed by atoms with E-state index >= 15 is 0 Å². The molecule has 0 saturated carbocycles. The minimum atomic E-state index is 0.0463. The number of hydrogen-bond donors (Lipinski definition) is 2. The predicted octanol–water partition coefficient (Wildman–Crippen LogP) is 0.633. The maximum atomic E-state index is 8.17. The van der Waals surface area contributed by atoms with Crippen molar-refractivity contribution in [1.29, 1.82) is 0 Å². The van der Waals surface area contributed by atoms with E-state index in [0.29, 0.717) is 0 Å². The first kappa shape index (κ1) is 10.8. The van der Waals surface area contributed by atoms with Crippen molar-refractivity contribution in [3.8, 4) is 0 Å². The monoisotopic (exact) mass is 120 g/mol. The number of aliphatic hydroxyl groups is 2. The summed E-state index contributed by atoms with van der Waals surface area (Å²) < 4.78 is 0. The molecule has 0 aliphatic rings. The van der Waals surface area contributed by atoms with Gasteiger partial charge in [0.2, 0.25) is 0 Å². The molecule has 0 unspecified atom stereocenters. The summed E-state index contributed by atoms with van der Waals surface area (Å²) >= 11 is 0. The third-order valence-electron chi connectivity index (χ3n) is 0.623. The van der Waals surface area contributed by atoms with Crippen LogP contribution in [0.3, 0.4) is 0 Å². The number of rotatable bonds is 2. The molecule has 2 heteroatoms. The first-order valence-electron chi connectivity index (χ1n) is 3.03. The summed E-state index contributed by atoms with van der Waals surface area (Å²) in [7, 11) is 0. The molecule has 0 rings (SSSR count). The van der Waals surface area contributed by atoms with Gasteiger partial charge < -0.3 is 10.2 Å². The lowest BCUT2D eigenvalue weighted by atomic mass is 10.2. The van der Waals surface area contributed by atoms with Gasteiger partial charge in [-0.15, -0.1) is 0 Å². The van der Waals surface area contributed by atoms with E-state index in [2.05, 4.69) is 0 Å². The highest BCUT2D eigenvalue weighted by molar-refractivity contribution is 4.41. The van der Waals surface area contributed by atoms with Crippen LogP contribution in [0.15, 0.2) is 0 Å². The fraction of sp³-hybridized carbons (Fsp3) is 1.00. The molecule has 0 heterocycles. The maximum absolute atomic E-state index is 8.17. The van der Waals surface area contributed by atoms with Crippen LogP contribution in [0.5, 0.6) is 0 Å². The van der Waals surface area contributed by atoms with Gasteiger partial charge in [0, 0.05) is 19.1 Å². The Morgan fingerprint density at radius 1 is 1.12 bits per heavy atom. The average molecular weight is 120 g/mol. The van der Waals surface area contributed by atoms with E-state index in [1.165, 1.54) is 0 Å². The summed E-state index contributed by atoms with van der Waals surface area (Å²) in [6.45, 7) is 5.94. The highest BCUT2D eigenvalue weighted by atomic mass is 16.3. The lowest BCUT2D eigenvalue weighted by Crippen LogP contribution is -2.04. The van der Waals surface area contributed by atoms with Crippen LogP contribution in [0.2, 0.25) is 0 Å². The smallest absolute Gasteiger partial charge is 0.0478 e. The Bertz CT molecular complexity index is 25.7. The molecular weight excluding hydrogens is 104 g/mol. The molecule has 0 aromatic rings. The van der Waals surface area contributed by atoms with Gasteiger partial charge in [-0.25, -0.2) is 0 Å². The molecule has 0 amide bonds. The first-order valence-corrected chi connectivity index (χ1v) is 3.03. The molecule has 0 saturated heterocycles. The van der Waals surface area contributed by atoms with Gasteiger partial charge in [0.05, 0.1) is 0 Å². The molecule has 0 spiro atoms. The zero-order valence-electron chi connectivity index (χ0n) is 5.89. The number of hydrogen-bond acceptors (Lipinski definition) is 2. The Morgan fingerprint density at radius 2 is 1.38 bits per heavy atom. The molecule has 52 valence electrons. The molecule has 0 aliphatic heterocycles. The largest absolute Gasteiger partial charge is 0.396 e. The minimum absolute atomic E-state index is 0.0463. The molecule has 0 aromatic carbocycles. The van der Waals surface area contributed by atoms with Gasteiger partial charge >= 0.3 is 0 Å². The summed E-state index contributed by atoms with van der Waals surface area (Å²) in [5.74, 6) is 0.0463. The van der Waals surface area contributed by atoms with Crippen molar-refractivity contribution in [2.45, 2.75) is 20.8 Å². The zero-order valence-corrected chi connectivity index (χ0v) is 5.89. The van der Waals surface area contributed by atoms with Crippen molar-refractivity contribution in [2.24, 2.45) is 5.92 Å². The third-order valence-corrected chi connectivity index (χ3v) is 0.623. The minimum Gasteiger partial charge on any atom is -0.396 e. The molecule has 0 bridgehead atoms. The normalized spacial score (nSPS) is 8.25. The number of aliphatic hydroxyl groups excluding tert-OH is 2. The van der Waals surface area contributed by atoms with Crippen molar-refractivity contribution in [1.82, 2.24) is 0 Å². The summed E-state index contributed by atoms with van der Waals surface area (Å²) in [6.07, 6.45) is 0. The van der Waals surface area contributed by atoms with E-state index in [1.54, 1.807) is 6.92 Å². The van der Waals surface area contributed by atoms with Crippen LogP contribution in [-0.4, -0.2) is 23.4 Å². The Balaban J connectivity index is 0. The maximum Gasteiger partial charge on any atom is 0.0478 e. The van der Waals surface area contributed by atoms with Crippen LogP contribution in [0, 0.1) is 5.92 Å². The van der Waals surface area contributed by atoms with Gasteiger partial charge in [-0.3, -0.25) is 0 Å².